The zero-order valence-corrected chi connectivity index (χ0v) is 15.2. The van der Waals surface area contributed by atoms with Gasteiger partial charge in [-0.3, -0.25) is 4.79 Å². The summed E-state index contributed by atoms with van der Waals surface area (Å²) in [6.45, 7) is 6.96. The highest BCUT2D eigenvalue weighted by Gasteiger charge is 2.41. The minimum Gasteiger partial charge on any atom is -0.381 e. The van der Waals surface area contributed by atoms with Crippen molar-refractivity contribution in [3.63, 3.8) is 0 Å². The number of rotatable bonds is 4. The molecule has 0 atom stereocenters. The average molecular weight is 338 g/mol. The van der Waals surface area contributed by atoms with Crippen LogP contribution in [0.25, 0.3) is 0 Å². The smallest absolute Gasteiger partial charge is 0.230 e. The van der Waals surface area contributed by atoms with E-state index in [1.165, 1.54) is 38.6 Å². The third-order valence-electron chi connectivity index (χ3n) is 6.41. The Morgan fingerprint density at radius 3 is 2.46 bits per heavy atom. The molecule has 5 nitrogen and oxygen atoms in total. The molecule has 0 unspecified atom stereocenters. The summed E-state index contributed by atoms with van der Waals surface area (Å²) in [6.07, 6.45) is 9.69. The first-order valence-electron chi connectivity index (χ1n) is 10.0. The van der Waals surface area contributed by atoms with Gasteiger partial charge in [0.25, 0.3) is 0 Å². The maximum atomic E-state index is 13.1. The van der Waals surface area contributed by atoms with Gasteiger partial charge in [-0.15, -0.1) is 0 Å². The van der Waals surface area contributed by atoms with Crippen molar-refractivity contribution >= 4 is 5.91 Å². The molecule has 24 heavy (non-hydrogen) atoms. The minimum atomic E-state index is -0.364. The summed E-state index contributed by atoms with van der Waals surface area (Å²) in [4.78, 5) is 17.8. The first-order chi connectivity index (χ1) is 11.7. The summed E-state index contributed by atoms with van der Waals surface area (Å²) >= 11 is 0. The van der Waals surface area contributed by atoms with Crippen molar-refractivity contribution in [2.45, 2.75) is 51.4 Å². The Morgan fingerprint density at radius 1 is 1.00 bits per heavy atom. The van der Waals surface area contributed by atoms with Gasteiger partial charge in [0.1, 0.15) is 0 Å². The van der Waals surface area contributed by atoms with Gasteiger partial charge < -0.3 is 20.3 Å². The van der Waals surface area contributed by atoms with Crippen molar-refractivity contribution in [2.75, 3.05) is 52.5 Å². The van der Waals surface area contributed by atoms with E-state index in [1.807, 2.05) is 0 Å². The summed E-state index contributed by atoms with van der Waals surface area (Å²) in [5.41, 5.74) is 5.66. The standard InChI is InChI=1S/C19H35N3O2/c20-16-19(7-13-24-14-8-19)18(23)22-10-4-9-21(11-12-22)15-17-5-2-1-3-6-17/h17H,1-16,20H2. The van der Waals surface area contributed by atoms with Crippen LogP contribution < -0.4 is 5.73 Å². The van der Waals surface area contributed by atoms with Gasteiger partial charge in [0, 0.05) is 45.9 Å². The topological polar surface area (TPSA) is 58.8 Å². The Bertz CT molecular complexity index is 403. The Balaban J connectivity index is 1.53. The van der Waals surface area contributed by atoms with Crippen molar-refractivity contribution in [1.29, 1.82) is 0 Å². The predicted octanol–water partition coefficient (Wildman–Crippen LogP) is 1.86. The molecule has 3 rings (SSSR count). The Hall–Kier alpha value is -0.650. The van der Waals surface area contributed by atoms with E-state index < -0.39 is 0 Å². The highest BCUT2D eigenvalue weighted by Crippen LogP contribution is 2.32. The van der Waals surface area contributed by atoms with Crippen LogP contribution in [0.3, 0.4) is 0 Å². The normalized spacial score (nSPS) is 27.0. The number of ether oxygens (including phenoxy) is 1. The number of nitrogens with zero attached hydrogens (tertiary/aromatic N) is 2. The van der Waals surface area contributed by atoms with E-state index in [4.69, 9.17) is 10.5 Å². The largest absolute Gasteiger partial charge is 0.381 e. The minimum absolute atomic E-state index is 0.285. The summed E-state index contributed by atoms with van der Waals surface area (Å²) in [5.74, 6) is 1.17. The monoisotopic (exact) mass is 337 g/mol. The van der Waals surface area contributed by atoms with Crippen LogP contribution in [0.4, 0.5) is 0 Å². The maximum absolute atomic E-state index is 13.1. The first kappa shape index (κ1) is 18.2. The molecule has 0 aromatic heterocycles. The third kappa shape index (κ3) is 4.30. The van der Waals surface area contributed by atoms with Gasteiger partial charge in [-0.05, 0) is 44.6 Å². The van der Waals surface area contributed by atoms with Gasteiger partial charge in [0.05, 0.1) is 5.41 Å². The van der Waals surface area contributed by atoms with Crippen LogP contribution >= 0.6 is 0 Å². The summed E-state index contributed by atoms with van der Waals surface area (Å²) in [6, 6.07) is 0. The maximum Gasteiger partial charge on any atom is 0.230 e. The SMILES string of the molecule is NCC1(C(=O)N2CCCN(CC3CCCCC3)CC2)CCOCC1. The summed E-state index contributed by atoms with van der Waals surface area (Å²) < 4.78 is 5.46. The van der Waals surface area contributed by atoms with Crippen molar-refractivity contribution < 1.29 is 9.53 Å². The second kappa shape index (κ2) is 8.63. The molecule has 138 valence electrons. The van der Waals surface area contributed by atoms with E-state index in [9.17, 15) is 4.79 Å². The highest BCUT2D eigenvalue weighted by molar-refractivity contribution is 5.83. The number of carbonyl (C=O) groups is 1. The fraction of sp³-hybridized carbons (Fsp3) is 0.947. The molecule has 0 spiro atoms. The molecule has 1 aliphatic carbocycles. The number of hydrogen-bond donors (Lipinski definition) is 1. The van der Waals surface area contributed by atoms with Gasteiger partial charge in [0.2, 0.25) is 5.91 Å². The Morgan fingerprint density at radius 2 is 1.75 bits per heavy atom. The third-order valence-corrected chi connectivity index (χ3v) is 6.41. The predicted molar refractivity (Wildman–Crippen MR) is 95.8 cm³/mol. The molecule has 0 bridgehead atoms. The van der Waals surface area contributed by atoms with Crippen LogP contribution in [0, 0.1) is 11.3 Å². The zero-order chi connectivity index (χ0) is 16.8. The summed E-state index contributed by atoms with van der Waals surface area (Å²) in [7, 11) is 0. The number of hydrogen-bond acceptors (Lipinski definition) is 4. The van der Waals surface area contributed by atoms with E-state index >= 15 is 0 Å². The van der Waals surface area contributed by atoms with Gasteiger partial charge in [-0.2, -0.15) is 0 Å². The molecular formula is C19H35N3O2. The molecule has 2 heterocycles. The Labute approximate surface area is 146 Å². The van der Waals surface area contributed by atoms with Crippen molar-refractivity contribution in [3.8, 4) is 0 Å². The van der Waals surface area contributed by atoms with E-state index in [0.29, 0.717) is 19.8 Å². The van der Waals surface area contributed by atoms with Gasteiger partial charge in [-0.1, -0.05) is 19.3 Å². The van der Waals surface area contributed by atoms with Crippen LogP contribution in [0.15, 0.2) is 0 Å². The van der Waals surface area contributed by atoms with Crippen molar-refractivity contribution in [1.82, 2.24) is 9.80 Å². The number of carbonyl (C=O) groups excluding carboxylic acids is 1. The average Bonchev–Trinajstić information content (AvgIpc) is 2.88. The van der Waals surface area contributed by atoms with Gasteiger partial charge >= 0.3 is 0 Å². The van der Waals surface area contributed by atoms with Crippen LogP contribution in [-0.4, -0.2) is 68.2 Å². The van der Waals surface area contributed by atoms with Gasteiger partial charge in [0.15, 0.2) is 0 Å². The molecular weight excluding hydrogens is 302 g/mol. The molecule has 2 N–H and O–H groups in total. The number of nitrogens with two attached hydrogens (primary N) is 1. The lowest BCUT2D eigenvalue weighted by Gasteiger charge is -2.38. The van der Waals surface area contributed by atoms with Crippen molar-refractivity contribution in [3.05, 3.63) is 0 Å². The molecule has 3 aliphatic rings. The molecule has 1 saturated carbocycles. The number of amides is 1. The second-order valence-electron chi connectivity index (χ2n) is 8.05. The summed E-state index contributed by atoms with van der Waals surface area (Å²) in [5, 5.41) is 0. The van der Waals surface area contributed by atoms with Crippen LogP contribution in [0.5, 0.6) is 0 Å². The van der Waals surface area contributed by atoms with Gasteiger partial charge in [-0.25, -0.2) is 0 Å². The van der Waals surface area contributed by atoms with Crippen molar-refractivity contribution in [2.24, 2.45) is 17.1 Å². The lowest BCUT2D eigenvalue weighted by Crippen LogP contribution is -2.51. The Kier molecular flexibility index (Phi) is 6.53. The van der Waals surface area contributed by atoms with Crippen LogP contribution in [0.1, 0.15) is 51.4 Å². The fourth-order valence-electron chi connectivity index (χ4n) is 4.69. The first-order valence-corrected chi connectivity index (χ1v) is 10.0. The lowest BCUT2D eigenvalue weighted by atomic mass is 9.79. The van der Waals surface area contributed by atoms with Crippen LogP contribution in [0.2, 0.25) is 0 Å². The van der Waals surface area contributed by atoms with Crippen LogP contribution in [-0.2, 0) is 9.53 Å². The molecule has 0 radical (unpaired) electrons. The lowest BCUT2D eigenvalue weighted by molar-refractivity contribution is -0.147. The fourth-order valence-corrected chi connectivity index (χ4v) is 4.69. The zero-order valence-electron chi connectivity index (χ0n) is 15.2. The molecule has 0 aromatic carbocycles. The van der Waals surface area contributed by atoms with E-state index in [1.54, 1.807) is 0 Å². The molecule has 3 fully saturated rings. The molecule has 2 aliphatic heterocycles. The van der Waals surface area contributed by atoms with E-state index in [0.717, 1.165) is 51.4 Å². The quantitative estimate of drug-likeness (QED) is 0.851. The highest BCUT2D eigenvalue weighted by atomic mass is 16.5. The van der Waals surface area contributed by atoms with E-state index in [-0.39, 0.29) is 11.3 Å². The molecule has 2 saturated heterocycles. The molecule has 5 heteroatoms. The molecule has 0 aromatic rings. The molecule has 1 amide bonds. The second-order valence-corrected chi connectivity index (χ2v) is 8.05. The van der Waals surface area contributed by atoms with E-state index in [2.05, 4.69) is 9.80 Å².